The topological polar surface area (TPSA) is 100 Å². The first-order valence-corrected chi connectivity index (χ1v) is 9.48. The van der Waals surface area contributed by atoms with Crippen LogP contribution >= 0.6 is 11.8 Å². The molecule has 138 valence electrons. The third-order valence-electron chi connectivity index (χ3n) is 4.12. The number of carbonyl (C=O) groups excluding carboxylic acids is 2. The van der Waals surface area contributed by atoms with Crippen molar-refractivity contribution in [1.29, 1.82) is 0 Å². The molecule has 2 aromatic rings. The minimum atomic E-state index is -0.273. The van der Waals surface area contributed by atoms with E-state index in [4.69, 9.17) is 0 Å². The van der Waals surface area contributed by atoms with Crippen molar-refractivity contribution in [2.24, 2.45) is 0 Å². The number of carbonyl (C=O) groups is 2. The third kappa shape index (κ3) is 3.67. The Kier molecular flexibility index (Phi) is 5.46. The molecule has 0 fully saturated rings. The molecule has 26 heavy (non-hydrogen) atoms. The Labute approximate surface area is 155 Å². The van der Waals surface area contributed by atoms with Gasteiger partial charge in [-0.3, -0.25) is 14.2 Å². The lowest BCUT2D eigenvalue weighted by molar-refractivity contribution is -0.117. The van der Waals surface area contributed by atoms with Crippen LogP contribution in [0.25, 0.3) is 0 Å². The second-order valence-electron chi connectivity index (χ2n) is 6.13. The van der Waals surface area contributed by atoms with Gasteiger partial charge in [-0.15, -0.1) is 5.10 Å². The molecule has 1 atom stereocenters. The first-order valence-electron chi connectivity index (χ1n) is 8.50. The summed E-state index contributed by atoms with van der Waals surface area (Å²) in [5.41, 5.74) is 1.04. The number of para-hydroxylation sites is 2. The minimum absolute atomic E-state index is 0.114. The molecule has 2 N–H and O–H groups in total. The molecule has 1 aliphatic heterocycles. The molecule has 0 unspecified atom stereocenters. The van der Waals surface area contributed by atoms with E-state index in [1.807, 2.05) is 32.0 Å². The molecular weight excluding hydrogens is 354 g/mol. The van der Waals surface area contributed by atoms with Gasteiger partial charge in [0.25, 0.3) is 0 Å². The number of benzene rings is 1. The van der Waals surface area contributed by atoms with Crippen molar-refractivity contribution in [3.63, 3.8) is 0 Å². The average Bonchev–Trinajstić information content (AvgIpc) is 2.88. The number of nitrogens with one attached hydrogen (secondary N) is 2. The number of aromatic amines is 1. The van der Waals surface area contributed by atoms with E-state index in [0.717, 1.165) is 6.42 Å². The number of nitrogens with zero attached hydrogens (tertiary/aromatic N) is 3. The molecule has 2 amide bonds. The van der Waals surface area contributed by atoms with Crippen LogP contribution in [0.1, 0.15) is 26.7 Å². The van der Waals surface area contributed by atoms with Crippen molar-refractivity contribution in [2.45, 2.75) is 44.4 Å². The van der Waals surface area contributed by atoms with Crippen LogP contribution in [0.15, 0.2) is 34.2 Å². The number of fused-ring (bicyclic) bond motifs is 1. The van der Waals surface area contributed by atoms with E-state index in [1.165, 1.54) is 16.3 Å². The van der Waals surface area contributed by atoms with Gasteiger partial charge >= 0.3 is 5.69 Å². The fourth-order valence-electron chi connectivity index (χ4n) is 3.00. The zero-order valence-corrected chi connectivity index (χ0v) is 15.5. The van der Waals surface area contributed by atoms with Crippen LogP contribution in [0.4, 0.5) is 11.4 Å². The summed E-state index contributed by atoms with van der Waals surface area (Å²) in [7, 11) is 0. The number of thioether (sulfide) groups is 1. The van der Waals surface area contributed by atoms with Gasteiger partial charge < -0.3 is 10.2 Å². The van der Waals surface area contributed by atoms with Crippen molar-refractivity contribution in [2.75, 3.05) is 16.0 Å². The maximum absolute atomic E-state index is 12.9. The Balaban J connectivity index is 1.81. The maximum atomic E-state index is 12.9. The van der Waals surface area contributed by atoms with Gasteiger partial charge in [0.2, 0.25) is 11.8 Å². The molecule has 0 aliphatic carbocycles. The average molecular weight is 375 g/mol. The highest BCUT2D eigenvalue weighted by atomic mass is 32.2. The summed E-state index contributed by atoms with van der Waals surface area (Å²) in [5.74, 6) is -0.122. The van der Waals surface area contributed by atoms with Crippen molar-refractivity contribution in [1.82, 2.24) is 14.8 Å². The maximum Gasteiger partial charge on any atom is 0.343 e. The summed E-state index contributed by atoms with van der Waals surface area (Å²) in [5, 5.41) is 9.75. The van der Waals surface area contributed by atoms with Crippen molar-refractivity contribution >= 4 is 35.0 Å². The fraction of sp³-hybridized carbons (Fsp3) is 0.412. The van der Waals surface area contributed by atoms with E-state index in [0.29, 0.717) is 23.1 Å². The fourth-order valence-corrected chi connectivity index (χ4v) is 3.83. The van der Waals surface area contributed by atoms with E-state index in [2.05, 4.69) is 15.5 Å². The second-order valence-corrected chi connectivity index (χ2v) is 7.08. The highest BCUT2D eigenvalue weighted by Gasteiger charge is 2.29. The Morgan fingerprint density at radius 1 is 1.35 bits per heavy atom. The molecule has 0 radical (unpaired) electrons. The van der Waals surface area contributed by atoms with Gasteiger partial charge in [-0.05, 0) is 25.5 Å². The molecule has 1 aromatic heterocycles. The standard InChI is InChI=1S/C17H21N5O3S/c1-3-8-21-16(25)19-20-17(21)26-10-15(24)22-11(2)9-14(23)18-12-6-4-5-7-13(12)22/h4-7,11H,3,8-10H2,1-2H3,(H,18,23)(H,19,25)/t11-/m1/s1. The van der Waals surface area contributed by atoms with Crippen molar-refractivity contribution in [3.8, 4) is 0 Å². The van der Waals surface area contributed by atoms with Crippen LogP contribution < -0.4 is 15.9 Å². The van der Waals surface area contributed by atoms with Crippen LogP contribution in [0.3, 0.4) is 0 Å². The first kappa shape index (κ1) is 18.2. The highest BCUT2D eigenvalue weighted by molar-refractivity contribution is 7.99. The van der Waals surface area contributed by atoms with Crippen LogP contribution in [-0.2, 0) is 16.1 Å². The molecule has 9 heteroatoms. The van der Waals surface area contributed by atoms with E-state index in [9.17, 15) is 14.4 Å². The number of anilines is 2. The van der Waals surface area contributed by atoms with Crippen LogP contribution in [0.2, 0.25) is 0 Å². The smallest absolute Gasteiger partial charge is 0.324 e. The van der Waals surface area contributed by atoms with Gasteiger partial charge in [0, 0.05) is 19.0 Å². The number of hydrogen-bond acceptors (Lipinski definition) is 5. The molecule has 0 bridgehead atoms. The summed E-state index contributed by atoms with van der Waals surface area (Å²) in [6, 6.07) is 7.00. The quantitative estimate of drug-likeness (QED) is 0.777. The molecule has 0 saturated carbocycles. The van der Waals surface area contributed by atoms with E-state index in [-0.39, 0.29) is 35.7 Å². The third-order valence-corrected chi connectivity index (χ3v) is 5.08. The second kappa shape index (κ2) is 7.77. The van der Waals surface area contributed by atoms with Gasteiger partial charge in [0.05, 0.1) is 17.1 Å². The van der Waals surface area contributed by atoms with E-state index < -0.39 is 0 Å². The molecule has 0 spiro atoms. The number of aromatic nitrogens is 3. The summed E-state index contributed by atoms with van der Waals surface area (Å²) in [6.07, 6.45) is 1.03. The van der Waals surface area contributed by atoms with Crippen LogP contribution in [0, 0.1) is 0 Å². The van der Waals surface area contributed by atoms with E-state index in [1.54, 1.807) is 11.0 Å². The Morgan fingerprint density at radius 3 is 2.88 bits per heavy atom. The van der Waals surface area contributed by atoms with E-state index >= 15 is 0 Å². The summed E-state index contributed by atoms with van der Waals surface area (Å²) < 4.78 is 1.53. The predicted molar refractivity (Wildman–Crippen MR) is 100 cm³/mol. The van der Waals surface area contributed by atoms with Gasteiger partial charge in [0.15, 0.2) is 5.16 Å². The van der Waals surface area contributed by atoms with Crippen molar-refractivity contribution < 1.29 is 9.59 Å². The number of rotatable bonds is 5. The molecule has 3 rings (SSSR count). The predicted octanol–water partition coefficient (Wildman–Crippen LogP) is 1.84. The molecule has 1 aliphatic rings. The van der Waals surface area contributed by atoms with Gasteiger partial charge in [-0.2, -0.15) is 0 Å². The summed E-state index contributed by atoms with van der Waals surface area (Å²) >= 11 is 1.22. The molecule has 2 heterocycles. The lowest BCUT2D eigenvalue weighted by Crippen LogP contribution is -2.40. The van der Waals surface area contributed by atoms with Crippen LogP contribution in [0.5, 0.6) is 0 Å². The highest BCUT2D eigenvalue weighted by Crippen LogP contribution is 2.32. The normalized spacial score (nSPS) is 16.8. The first-order chi connectivity index (χ1) is 12.5. The summed E-state index contributed by atoms with van der Waals surface area (Å²) in [6.45, 7) is 4.37. The number of amides is 2. The van der Waals surface area contributed by atoms with Gasteiger partial charge in [-0.1, -0.05) is 30.8 Å². The Morgan fingerprint density at radius 2 is 2.12 bits per heavy atom. The van der Waals surface area contributed by atoms with Crippen LogP contribution in [-0.4, -0.2) is 38.4 Å². The zero-order chi connectivity index (χ0) is 18.7. The van der Waals surface area contributed by atoms with Gasteiger partial charge in [0.1, 0.15) is 0 Å². The van der Waals surface area contributed by atoms with Gasteiger partial charge in [-0.25, -0.2) is 9.89 Å². The zero-order valence-electron chi connectivity index (χ0n) is 14.7. The monoisotopic (exact) mass is 375 g/mol. The van der Waals surface area contributed by atoms with Crippen molar-refractivity contribution in [3.05, 3.63) is 34.7 Å². The molecule has 0 saturated heterocycles. The summed E-state index contributed by atoms with van der Waals surface area (Å²) in [4.78, 5) is 38.3. The molecule has 1 aromatic carbocycles. The molecule has 8 nitrogen and oxygen atoms in total. The largest absolute Gasteiger partial charge is 0.343 e. The molecular formula is C17H21N5O3S. The Bertz CT molecular complexity index is 875. The number of H-pyrrole nitrogens is 1. The lowest BCUT2D eigenvalue weighted by atomic mass is 10.2. The number of hydrogen-bond donors (Lipinski definition) is 2. The SMILES string of the molecule is CCCn1c(SCC(=O)N2c3ccccc3NC(=O)C[C@H]2C)n[nH]c1=O. The lowest BCUT2D eigenvalue weighted by Gasteiger charge is -2.27. The Hall–Kier alpha value is -2.55. The minimum Gasteiger partial charge on any atom is -0.324 e.